The second-order valence-electron chi connectivity index (χ2n) is 5.51. The number of hydrogen-bond donors (Lipinski definition) is 2. The molecule has 2 aromatic carbocycles. The van der Waals surface area contributed by atoms with Gasteiger partial charge in [-0.3, -0.25) is 14.4 Å². The summed E-state index contributed by atoms with van der Waals surface area (Å²) in [6.07, 6.45) is 0. The number of esters is 1. The highest BCUT2D eigenvalue weighted by atomic mass is 16.5. The molecule has 0 atom stereocenters. The average molecular weight is 381 g/mol. The Labute approximate surface area is 162 Å². The molecule has 0 bridgehead atoms. The fourth-order valence-corrected chi connectivity index (χ4v) is 2.24. The standard InChI is InChI=1S/C20H19N3O5/c1-2-27-17-9-4-3-8-16(17)20(26)22-12-19(25)28-13-18(24)23-15-7-5-6-14(10-15)11-21/h3-10H,2,12-13H2,1H3,(H,22,26)(H,23,24). The summed E-state index contributed by atoms with van der Waals surface area (Å²) in [7, 11) is 0. The highest BCUT2D eigenvalue weighted by Crippen LogP contribution is 2.17. The van der Waals surface area contributed by atoms with Gasteiger partial charge in [0.05, 0.1) is 23.8 Å². The van der Waals surface area contributed by atoms with E-state index in [0.29, 0.717) is 29.2 Å². The quantitative estimate of drug-likeness (QED) is 0.674. The van der Waals surface area contributed by atoms with Crippen LogP contribution in [0.15, 0.2) is 48.5 Å². The van der Waals surface area contributed by atoms with Gasteiger partial charge >= 0.3 is 5.97 Å². The third kappa shape index (κ3) is 6.14. The smallest absolute Gasteiger partial charge is 0.325 e. The number of benzene rings is 2. The summed E-state index contributed by atoms with van der Waals surface area (Å²) in [6.45, 7) is 1.30. The van der Waals surface area contributed by atoms with Crippen molar-refractivity contribution < 1.29 is 23.9 Å². The van der Waals surface area contributed by atoms with Crippen LogP contribution in [-0.4, -0.2) is 37.5 Å². The number of anilines is 1. The molecule has 0 unspecified atom stereocenters. The number of amides is 2. The van der Waals surface area contributed by atoms with Gasteiger partial charge in [0.25, 0.3) is 11.8 Å². The molecule has 2 rings (SSSR count). The normalized spacial score (nSPS) is 9.71. The number of rotatable bonds is 8. The largest absolute Gasteiger partial charge is 0.493 e. The topological polar surface area (TPSA) is 118 Å². The molecule has 0 saturated heterocycles. The summed E-state index contributed by atoms with van der Waals surface area (Å²) in [4.78, 5) is 35.8. The highest BCUT2D eigenvalue weighted by Gasteiger charge is 2.14. The molecule has 0 aliphatic heterocycles. The van der Waals surface area contributed by atoms with Crippen molar-refractivity contribution in [2.75, 3.05) is 25.1 Å². The number of nitrogens with one attached hydrogen (secondary N) is 2. The van der Waals surface area contributed by atoms with Crippen molar-refractivity contribution >= 4 is 23.5 Å². The van der Waals surface area contributed by atoms with Crippen molar-refractivity contribution in [2.45, 2.75) is 6.92 Å². The fraction of sp³-hybridized carbons (Fsp3) is 0.200. The van der Waals surface area contributed by atoms with E-state index >= 15 is 0 Å². The Morgan fingerprint density at radius 1 is 1.11 bits per heavy atom. The van der Waals surface area contributed by atoms with E-state index in [9.17, 15) is 14.4 Å². The Hall–Kier alpha value is -3.86. The Morgan fingerprint density at radius 3 is 2.64 bits per heavy atom. The first-order valence-electron chi connectivity index (χ1n) is 8.49. The second-order valence-corrected chi connectivity index (χ2v) is 5.51. The van der Waals surface area contributed by atoms with E-state index in [1.54, 1.807) is 49.4 Å². The van der Waals surface area contributed by atoms with Gasteiger partial charge in [0, 0.05) is 5.69 Å². The van der Waals surface area contributed by atoms with Crippen molar-refractivity contribution in [3.05, 3.63) is 59.7 Å². The Bertz CT molecular complexity index is 905. The van der Waals surface area contributed by atoms with Crippen molar-refractivity contribution in [1.29, 1.82) is 5.26 Å². The molecule has 0 aliphatic rings. The predicted octanol–water partition coefficient (Wildman–Crippen LogP) is 1.87. The van der Waals surface area contributed by atoms with Gasteiger partial charge in [-0.2, -0.15) is 5.26 Å². The van der Waals surface area contributed by atoms with Gasteiger partial charge in [0.2, 0.25) is 0 Å². The van der Waals surface area contributed by atoms with Crippen molar-refractivity contribution in [3.63, 3.8) is 0 Å². The molecule has 0 aliphatic carbocycles. The maximum absolute atomic E-state index is 12.2. The molecule has 0 saturated carbocycles. The van der Waals surface area contributed by atoms with Crippen molar-refractivity contribution in [2.24, 2.45) is 0 Å². The van der Waals surface area contributed by atoms with Gasteiger partial charge in [-0.05, 0) is 37.3 Å². The van der Waals surface area contributed by atoms with Crippen LogP contribution in [-0.2, 0) is 14.3 Å². The highest BCUT2D eigenvalue weighted by molar-refractivity contribution is 5.98. The lowest BCUT2D eigenvalue weighted by atomic mass is 10.2. The molecule has 2 N–H and O–H groups in total. The van der Waals surface area contributed by atoms with Gasteiger partial charge in [-0.25, -0.2) is 0 Å². The number of para-hydroxylation sites is 1. The minimum atomic E-state index is -0.761. The molecule has 2 aromatic rings. The Balaban J connectivity index is 1.79. The fourth-order valence-electron chi connectivity index (χ4n) is 2.24. The molecule has 0 aromatic heterocycles. The van der Waals surface area contributed by atoms with Crippen molar-refractivity contribution in [1.82, 2.24) is 5.32 Å². The zero-order valence-electron chi connectivity index (χ0n) is 15.2. The molecule has 8 nitrogen and oxygen atoms in total. The first-order valence-corrected chi connectivity index (χ1v) is 8.49. The molecule has 0 spiro atoms. The molecule has 0 heterocycles. The molecule has 28 heavy (non-hydrogen) atoms. The molecular weight excluding hydrogens is 362 g/mol. The number of nitrogens with zero attached hydrogens (tertiary/aromatic N) is 1. The first-order chi connectivity index (χ1) is 13.5. The molecule has 0 fully saturated rings. The summed E-state index contributed by atoms with van der Waals surface area (Å²) >= 11 is 0. The first kappa shape index (κ1) is 20.5. The Morgan fingerprint density at radius 2 is 1.89 bits per heavy atom. The average Bonchev–Trinajstić information content (AvgIpc) is 2.71. The van der Waals surface area contributed by atoms with Crippen LogP contribution in [0.4, 0.5) is 5.69 Å². The molecule has 144 valence electrons. The van der Waals surface area contributed by atoms with Crippen LogP contribution in [0.2, 0.25) is 0 Å². The number of ether oxygens (including phenoxy) is 2. The monoisotopic (exact) mass is 381 g/mol. The minimum Gasteiger partial charge on any atom is -0.493 e. The van der Waals surface area contributed by atoms with Crippen LogP contribution < -0.4 is 15.4 Å². The third-order valence-electron chi connectivity index (χ3n) is 3.46. The summed E-state index contributed by atoms with van der Waals surface area (Å²) in [5.74, 6) is -1.40. The van der Waals surface area contributed by atoms with Gasteiger partial charge in [-0.1, -0.05) is 18.2 Å². The third-order valence-corrected chi connectivity index (χ3v) is 3.46. The van der Waals surface area contributed by atoms with Crippen LogP contribution in [0.5, 0.6) is 5.75 Å². The number of nitriles is 1. The SMILES string of the molecule is CCOc1ccccc1C(=O)NCC(=O)OCC(=O)Nc1cccc(C#N)c1. The zero-order chi connectivity index (χ0) is 20.4. The Kier molecular flexibility index (Phi) is 7.54. The van der Waals surface area contributed by atoms with Crippen LogP contribution in [0.25, 0.3) is 0 Å². The van der Waals surface area contributed by atoms with E-state index < -0.39 is 30.9 Å². The lowest BCUT2D eigenvalue weighted by Gasteiger charge is -2.10. The van der Waals surface area contributed by atoms with E-state index in [0.717, 1.165) is 0 Å². The van der Waals surface area contributed by atoms with E-state index in [4.69, 9.17) is 14.7 Å². The van der Waals surface area contributed by atoms with Gasteiger partial charge in [0.1, 0.15) is 12.3 Å². The van der Waals surface area contributed by atoms with Gasteiger partial charge in [0.15, 0.2) is 6.61 Å². The molecule has 0 radical (unpaired) electrons. The lowest BCUT2D eigenvalue weighted by molar-refractivity contribution is -0.146. The lowest BCUT2D eigenvalue weighted by Crippen LogP contribution is -2.32. The zero-order valence-corrected chi connectivity index (χ0v) is 15.2. The van der Waals surface area contributed by atoms with Gasteiger partial charge < -0.3 is 20.1 Å². The summed E-state index contributed by atoms with van der Waals surface area (Å²) in [5.41, 5.74) is 1.11. The number of carbonyl (C=O) groups is 3. The summed E-state index contributed by atoms with van der Waals surface area (Å²) < 4.78 is 10.2. The van der Waals surface area contributed by atoms with Crippen LogP contribution >= 0.6 is 0 Å². The summed E-state index contributed by atoms with van der Waals surface area (Å²) in [6, 6.07) is 14.9. The van der Waals surface area contributed by atoms with Crippen LogP contribution in [0.3, 0.4) is 0 Å². The van der Waals surface area contributed by atoms with E-state index in [1.165, 1.54) is 6.07 Å². The molecule has 2 amide bonds. The minimum absolute atomic E-state index is 0.298. The van der Waals surface area contributed by atoms with E-state index in [2.05, 4.69) is 10.6 Å². The number of carbonyl (C=O) groups excluding carboxylic acids is 3. The van der Waals surface area contributed by atoms with Crippen LogP contribution in [0, 0.1) is 11.3 Å². The van der Waals surface area contributed by atoms with Crippen molar-refractivity contribution in [3.8, 4) is 11.8 Å². The number of hydrogen-bond acceptors (Lipinski definition) is 6. The van der Waals surface area contributed by atoms with Crippen LogP contribution in [0.1, 0.15) is 22.8 Å². The van der Waals surface area contributed by atoms with E-state index in [1.807, 2.05) is 6.07 Å². The summed E-state index contributed by atoms with van der Waals surface area (Å²) in [5, 5.41) is 13.8. The van der Waals surface area contributed by atoms with E-state index in [-0.39, 0.29) is 0 Å². The maximum Gasteiger partial charge on any atom is 0.325 e. The van der Waals surface area contributed by atoms with Gasteiger partial charge in [-0.15, -0.1) is 0 Å². The predicted molar refractivity (Wildman–Crippen MR) is 101 cm³/mol. The molecule has 8 heteroatoms. The maximum atomic E-state index is 12.2. The second kappa shape index (κ2) is 10.3. The molecular formula is C20H19N3O5.